The van der Waals surface area contributed by atoms with Gasteiger partial charge in [0.25, 0.3) is 5.91 Å². The smallest absolute Gasteiger partial charge is 0.256 e. The lowest BCUT2D eigenvalue weighted by atomic mass is 10.1. The number of hydrogen-bond acceptors (Lipinski definition) is 4. The first-order valence-electron chi connectivity index (χ1n) is 8.84. The van der Waals surface area contributed by atoms with Gasteiger partial charge in [-0.05, 0) is 31.0 Å². The number of aryl methyl sites for hydroxylation is 1. The average molecular weight is 352 g/mol. The lowest BCUT2D eigenvalue weighted by Crippen LogP contribution is -2.60. The number of primary amides is 1. The van der Waals surface area contributed by atoms with E-state index >= 15 is 0 Å². The Morgan fingerprint density at radius 1 is 1.15 bits per heavy atom. The molecule has 1 aliphatic heterocycles. The van der Waals surface area contributed by atoms with Crippen LogP contribution < -0.4 is 5.73 Å². The van der Waals surface area contributed by atoms with Crippen molar-refractivity contribution in [2.24, 2.45) is 5.73 Å². The maximum atomic E-state index is 12.8. The summed E-state index contributed by atoms with van der Waals surface area (Å²) < 4.78 is 0. The Labute approximate surface area is 153 Å². The Kier molecular flexibility index (Phi) is 5.63. The van der Waals surface area contributed by atoms with Gasteiger partial charge < -0.3 is 10.6 Å². The monoisotopic (exact) mass is 352 g/mol. The number of rotatable bonds is 5. The zero-order chi connectivity index (χ0) is 18.5. The minimum atomic E-state index is -0.617. The van der Waals surface area contributed by atoms with Crippen LogP contribution in [0.2, 0.25) is 0 Å². The van der Waals surface area contributed by atoms with Gasteiger partial charge in [0.05, 0.1) is 5.56 Å². The summed E-state index contributed by atoms with van der Waals surface area (Å²) in [5, 5.41) is 0. The predicted molar refractivity (Wildman–Crippen MR) is 99.6 cm³/mol. The molecule has 0 saturated carbocycles. The molecular formula is C20H24N4O2. The summed E-state index contributed by atoms with van der Waals surface area (Å²) in [6, 6.07) is 13.1. The zero-order valence-corrected chi connectivity index (χ0v) is 15.0. The predicted octanol–water partition coefficient (Wildman–Crippen LogP) is 1.24. The third kappa shape index (κ3) is 4.26. The lowest BCUT2D eigenvalue weighted by Gasteiger charge is -2.40. The molecule has 1 aliphatic rings. The van der Waals surface area contributed by atoms with Crippen LogP contribution in [0, 0.1) is 6.92 Å². The molecule has 2 heterocycles. The van der Waals surface area contributed by atoms with Crippen LogP contribution in [0.3, 0.4) is 0 Å². The quantitative estimate of drug-likeness (QED) is 0.878. The van der Waals surface area contributed by atoms with E-state index in [0.29, 0.717) is 18.7 Å². The summed E-state index contributed by atoms with van der Waals surface area (Å²) >= 11 is 0. The van der Waals surface area contributed by atoms with Gasteiger partial charge in [-0.1, -0.05) is 30.3 Å². The molecule has 1 unspecified atom stereocenters. The molecule has 2 aromatic rings. The van der Waals surface area contributed by atoms with Crippen LogP contribution >= 0.6 is 0 Å². The highest BCUT2D eigenvalue weighted by Gasteiger charge is 2.34. The molecule has 1 fully saturated rings. The topological polar surface area (TPSA) is 79.5 Å². The molecule has 0 radical (unpaired) electrons. The molecule has 1 aromatic carbocycles. The molecule has 1 saturated heterocycles. The lowest BCUT2D eigenvalue weighted by molar-refractivity contribution is -0.124. The molecule has 6 heteroatoms. The number of carbonyl (C=O) groups is 2. The van der Waals surface area contributed by atoms with Gasteiger partial charge in [-0.25, -0.2) is 0 Å². The number of carbonyl (C=O) groups excluding carboxylic acids is 2. The molecule has 6 nitrogen and oxygen atoms in total. The highest BCUT2D eigenvalue weighted by Crippen LogP contribution is 2.15. The van der Waals surface area contributed by atoms with Crippen molar-refractivity contribution < 1.29 is 9.59 Å². The number of benzene rings is 1. The molecule has 0 bridgehead atoms. The minimum Gasteiger partial charge on any atom is -0.368 e. The summed E-state index contributed by atoms with van der Waals surface area (Å²) in [7, 11) is 0. The van der Waals surface area contributed by atoms with Crippen LogP contribution in [-0.4, -0.2) is 58.8 Å². The fourth-order valence-corrected chi connectivity index (χ4v) is 3.22. The third-order valence-corrected chi connectivity index (χ3v) is 4.77. The van der Waals surface area contributed by atoms with E-state index in [1.807, 2.05) is 25.1 Å². The first kappa shape index (κ1) is 18.1. The SMILES string of the molecule is Cc1ccc(C(=O)N2CCN(CCc3ccccc3)CC2C(N)=O)cn1. The summed E-state index contributed by atoms with van der Waals surface area (Å²) in [6.45, 7) is 4.37. The Bertz CT molecular complexity index is 761. The van der Waals surface area contributed by atoms with Crippen molar-refractivity contribution >= 4 is 11.8 Å². The van der Waals surface area contributed by atoms with Crippen LogP contribution in [-0.2, 0) is 11.2 Å². The molecule has 0 aliphatic carbocycles. The molecule has 1 aromatic heterocycles. The second-order valence-electron chi connectivity index (χ2n) is 6.64. The number of nitrogens with two attached hydrogens (primary N) is 1. The van der Waals surface area contributed by atoms with Crippen molar-refractivity contribution in [1.82, 2.24) is 14.8 Å². The largest absolute Gasteiger partial charge is 0.368 e. The van der Waals surface area contributed by atoms with Gasteiger partial charge in [0.1, 0.15) is 6.04 Å². The van der Waals surface area contributed by atoms with Gasteiger partial charge in [-0.3, -0.25) is 19.5 Å². The second kappa shape index (κ2) is 8.10. The number of aromatic nitrogens is 1. The highest BCUT2D eigenvalue weighted by atomic mass is 16.2. The first-order valence-corrected chi connectivity index (χ1v) is 8.84. The Balaban J connectivity index is 1.65. The molecule has 1 atom stereocenters. The maximum Gasteiger partial charge on any atom is 0.256 e. The van der Waals surface area contributed by atoms with Gasteiger partial charge >= 0.3 is 0 Å². The van der Waals surface area contributed by atoms with Crippen LogP contribution in [0.1, 0.15) is 21.6 Å². The second-order valence-corrected chi connectivity index (χ2v) is 6.64. The van der Waals surface area contributed by atoms with E-state index in [-0.39, 0.29) is 5.91 Å². The van der Waals surface area contributed by atoms with Crippen molar-refractivity contribution in [2.45, 2.75) is 19.4 Å². The van der Waals surface area contributed by atoms with Crippen LogP contribution in [0.15, 0.2) is 48.7 Å². The summed E-state index contributed by atoms with van der Waals surface area (Å²) in [5.74, 6) is -0.660. The maximum absolute atomic E-state index is 12.8. The van der Waals surface area contributed by atoms with Crippen LogP contribution in [0.25, 0.3) is 0 Å². The van der Waals surface area contributed by atoms with E-state index in [9.17, 15) is 9.59 Å². The Morgan fingerprint density at radius 2 is 1.92 bits per heavy atom. The molecular weight excluding hydrogens is 328 g/mol. The van der Waals surface area contributed by atoms with Crippen LogP contribution in [0.4, 0.5) is 0 Å². The molecule has 2 amide bonds. The van der Waals surface area contributed by atoms with Gasteiger partial charge in [-0.15, -0.1) is 0 Å². The number of amides is 2. The van der Waals surface area contributed by atoms with E-state index in [4.69, 9.17) is 5.73 Å². The van der Waals surface area contributed by atoms with Gasteiger partial charge in [0.2, 0.25) is 5.91 Å². The van der Waals surface area contributed by atoms with Crippen molar-refractivity contribution in [2.75, 3.05) is 26.2 Å². The number of pyridine rings is 1. The molecule has 26 heavy (non-hydrogen) atoms. The Morgan fingerprint density at radius 3 is 2.58 bits per heavy atom. The third-order valence-electron chi connectivity index (χ3n) is 4.77. The normalized spacial score (nSPS) is 17.9. The van der Waals surface area contributed by atoms with Gasteiger partial charge in [-0.2, -0.15) is 0 Å². The molecule has 136 valence electrons. The van der Waals surface area contributed by atoms with Gasteiger partial charge in [0.15, 0.2) is 0 Å². The average Bonchev–Trinajstić information content (AvgIpc) is 2.67. The Hall–Kier alpha value is -2.73. The van der Waals surface area contributed by atoms with E-state index < -0.39 is 11.9 Å². The fraction of sp³-hybridized carbons (Fsp3) is 0.350. The molecule has 2 N–H and O–H groups in total. The van der Waals surface area contributed by atoms with E-state index in [2.05, 4.69) is 22.0 Å². The van der Waals surface area contributed by atoms with Gasteiger partial charge in [0, 0.05) is 38.1 Å². The molecule has 0 spiro atoms. The van der Waals surface area contributed by atoms with Crippen molar-refractivity contribution in [3.05, 3.63) is 65.5 Å². The van der Waals surface area contributed by atoms with Crippen LogP contribution in [0.5, 0.6) is 0 Å². The highest BCUT2D eigenvalue weighted by molar-refractivity contribution is 5.97. The molecule has 3 rings (SSSR count). The van der Waals surface area contributed by atoms with Crippen molar-refractivity contribution in [3.8, 4) is 0 Å². The standard InChI is InChI=1S/C20H24N4O2/c1-15-7-8-17(13-22-15)20(26)24-12-11-23(14-18(24)19(21)25)10-9-16-5-3-2-4-6-16/h2-8,13,18H,9-12,14H2,1H3,(H2,21,25). The zero-order valence-electron chi connectivity index (χ0n) is 15.0. The fourth-order valence-electron chi connectivity index (χ4n) is 3.22. The number of piperazine rings is 1. The van der Waals surface area contributed by atoms with Crippen molar-refractivity contribution in [3.63, 3.8) is 0 Å². The first-order chi connectivity index (χ1) is 12.5. The summed E-state index contributed by atoms with van der Waals surface area (Å²) in [6.07, 6.45) is 2.46. The minimum absolute atomic E-state index is 0.191. The number of hydrogen-bond donors (Lipinski definition) is 1. The van der Waals surface area contributed by atoms with Crippen molar-refractivity contribution in [1.29, 1.82) is 0 Å². The van der Waals surface area contributed by atoms with E-state index in [0.717, 1.165) is 25.2 Å². The summed E-state index contributed by atoms with van der Waals surface area (Å²) in [4.78, 5) is 32.7. The summed E-state index contributed by atoms with van der Waals surface area (Å²) in [5.41, 5.74) is 8.18. The van der Waals surface area contributed by atoms with E-state index in [1.165, 1.54) is 5.56 Å². The van der Waals surface area contributed by atoms with E-state index in [1.54, 1.807) is 23.2 Å². The number of nitrogens with zero attached hydrogens (tertiary/aromatic N) is 3.